The highest BCUT2D eigenvalue weighted by Crippen LogP contribution is 2.36. The van der Waals surface area contributed by atoms with E-state index in [2.05, 4.69) is 69.6 Å². The standard InChI is InChI=1S/C26H35NO3Si/c1-19-23(18-20-12-14-21(15-13-20)25(28)29-5)22-10-8-9-11-24(22)27(19)16-17-30-31(6,7)26(2,3)4/h8-15H,16-18H2,1-7H3. The number of benzene rings is 2. The van der Waals surface area contributed by atoms with Crippen molar-refractivity contribution >= 4 is 25.2 Å². The summed E-state index contributed by atoms with van der Waals surface area (Å²) in [5, 5.41) is 1.49. The molecule has 0 N–H and O–H groups in total. The average molecular weight is 438 g/mol. The van der Waals surface area contributed by atoms with E-state index in [0.717, 1.165) is 19.6 Å². The molecule has 2 aromatic carbocycles. The Labute approximate surface area is 187 Å². The van der Waals surface area contributed by atoms with Crippen molar-refractivity contribution in [1.82, 2.24) is 4.57 Å². The smallest absolute Gasteiger partial charge is 0.337 e. The summed E-state index contributed by atoms with van der Waals surface area (Å²) in [6.07, 6.45) is 0.823. The van der Waals surface area contributed by atoms with Crippen LogP contribution in [-0.2, 0) is 22.1 Å². The Morgan fingerprint density at radius 3 is 2.29 bits per heavy atom. The second-order valence-electron chi connectivity index (χ2n) is 9.71. The number of esters is 1. The van der Waals surface area contributed by atoms with Gasteiger partial charge in [-0.25, -0.2) is 4.79 Å². The predicted molar refractivity (Wildman–Crippen MR) is 130 cm³/mol. The second kappa shape index (κ2) is 9.01. The number of carbonyl (C=O) groups excluding carboxylic acids is 1. The summed E-state index contributed by atoms with van der Waals surface area (Å²) >= 11 is 0. The molecule has 5 heteroatoms. The van der Waals surface area contributed by atoms with Gasteiger partial charge in [-0.05, 0) is 60.8 Å². The van der Waals surface area contributed by atoms with Crippen LogP contribution in [0.15, 0.2) is 48.5 Å². The molecule has 0 unspecified atom stereocenters. The normalized spacial score (nSPS) is 12.4. The number of hydrogen-bond acceptors (Lipinski definition) is 3. The second-order valence-corrected chi connectivity index (χ2v) is 14.5. The third kappa shape index (κ3) is 4.94. The van der Waals surface area contributed by atoms with Crippen molar-refractivity contribution < 1.29 is 14.0 Å². The quantitative estimate of drug-likeness (QED) is 0.319. The molecule has 31 heavy (non-hydrogen) atoms. The van der Waals surface area contributed by atoms with Gasteiger partial charge in [0.15, 0.2) is 8.32 Å². The van der Waals surface area contributed by atoms with Crippen LogP contribution in [-0.4, -0.2) is 32.6 Å². The zero-order chi connectivity index (χ0) is 22.8. The molecule has 1 aromatic heterocycles. The SMILES string of the molecule is COC(=O)c1ccc(Cc2c(C)n(CCO[Si](C)(C)C(C)(C)C)c3ccccc23)cc1. The predicted octanol–water partition coefficient (Wildman–Crippen LogP) is 6.35. The van der Waals surface area contributed by atoms with Gasteiger partial charge >= 0.3 is 5.97 Å². The maximum atomic E-state index is 11.7. The van der Waals surface area contributed by atoms with E-state index in [1.165, 1.54) is 34.8 Å². The van der Waals surface area contributed by atoms with E-state index in [9.17, 15) is 4.79 Å². The van der Waals surface area contributed by atoms with Crippen molar-refractivity contribution in [3.63, 3.8) is 0 Å². The topological polar surface area (TPSA) is 40.5 Å². The van der Waals surface area contributed by atoms with Crippen molar-refractivity contribution in [2.24, 2.45) is 0 Å². The molecule has 166 valence electrons. The molecule has 3 aromatic rings. The first-order chi connectivity index (χ1) is 14.5. The van der Waals surface area contributed by atoms with E-state index in [1.54, 1.807) is 0 Å². The zero-order valence-electron chi connectivity index (χ0n) is 19.9. The molecule has 4 nitrogen and oxygen atoms in total. The molecule has 0 saturated carbocycles. The van der Waals surface area contributed by atoms with Gasteiger partial charge in [0.2, 0.25) is 0 Å². The fourth-order valence-electron chi connectivity index (χ4n) is 3.70. The summed E-state index contributed by atoms with van der Waals surface area (Å²) in [4.78, 5) is 11.7. The fourth-order valence-corrected chi connectivity index (χ4v) is 4.74. The number of hydrogen-bond donors (Lipinski definition) is 0. The van der Waals surface area contributed by atoms with Gasteiger partial charge < -0.3 is 13.7 Å². The Kier molecular flexibility index (Phi) is 6.77. The molecule has 0 fully saturated rings. The number of carbonyl (C=O) groups is 1. The van der Waals surface area contributed by atoms with Crippen molar-refractivity contribution in [2.75, 3.05) is 13.7 Å². The molecule has 0 aliphatic carbocycles. The molecular formula is C26H35NO3Si. The molecule has 3 rings (SSSR count). The van der Waals surface area contributed by atoms with Gasteiger partial charge in [-0.1, -0.05) is 51.1 Å². The lowest BCUT2D eigenvalue weighted by Gasteiger charge is -2.36. The Morgan fingerprint density at radius 1 is 1.03 bits per heavy atom. The number of methoxy groups -OCH3 is 1. The van der Waals surface area contributed by atoms with Gasteiger partial charge in [0.05, 0.1) is 19.3 Å². The summed E-state index contributed by atoms with van der Waals surface area (Å²) in [5.41, 5.74) is 5.61. The third-order valence-electron chi connectivity index (χ3n) is 6.70. The summed E-state index contributed by atoms with van der Waals surface area (Å²) in [7, 11) is -0.361. The Hall–Kier alpha value is -2.37. The van der Waals surface area contributed by atoms with E-state index in [1.807, 2.05) is 24.3 Å². The number of fused-ring (bicyclic) bond motifs is 1. The Balaban J connectivity index is 1.85. The Morgan fingerprint density at radius 2 is 1.68 bits per heavy atom. The minimum Gasteiger partial charge on any atom is -0.465 e. The van der Waals surface area contributed by atoms with Crippen LogP contribution in [0.25, 0.3) is 10.9 Å². The van der Waals surface area contributed by atoms with E-state index in [4.69, 9.17) is 9.16 Å². The highest BCUT2D eigenvalue weighted by molar-refractivity contribution is 6.74. The molecule has 0 aliphatic heterocycles. The van der Waals surface area contributed by atoms with Crippen molar-refractivity contribution in [2.45, 2.75) is 58.8 Å². The number of rotatable bonds is 7. The molecule has 0 spiro atoms. The van der Waals surface area contributed by atoms with Crippen molar-refractivity contribution in [3.05, 3.63) is 70.9 Å². The molecule has 1 heterocycles. The molecule has 0 bridgehead atoms. The van der Waals surface area contributed by atoms with E-state index < -0.39 is 8.32 Å². The maximum absolute atomic E-state index is 11.7. The molecule has 0 atom stereocenters. The van der Waals surface area contributed by atoms with E-state index in [-0.39, 0.29) is 11.0 Å². The molecule has 0 saturated heterocycles. The zero-order valence-corrected chi connectivity index (χ0v) is 20.9. The lowest BCUT2D eigenvalue weighted by atomic mass is 10.0. The monoisotopic (exact) mass is 437 g/mol. The minimum atomic E-state index is -1.77. The summed E-state index contributed by atoms with van der Waals surface area (Å²) in [6.45, 7) is 15.2. The molecular weight excluding hydrogens is 402 g/mol. The molecule has 0 amide bonds. The fraction of sp³-hybridized carbons (Fsp3) is 0.423. The van der Waals surface area contributed by atoms with Crippen molar-refractivity contribution in [1.29, 1.82) is 0 Å². The van der Waals surface area contributed by atoms with E-state index >= 15 is 0 Å². The van der Waals surface area contributed by atoms with Gasteiger partial charge in [0, 0.05) is 23.1 Å². The van der Waals surface area contributed by atoms with Crippen LogP contribution in [0.3, 0.4) is 0 Å². The molecule has 0 aliphatic rings. The van der Waals surface area contributed by atoms with Crippen LogP contribution in [0.5, 0.6) is 0 Å². The first-order valence-corrected chi connectivity index (χ1v) is 13.8. The summed E-state index contributed by atoms with van der Waals surface area (Å²) < 4.78 is 13.6. The van der Waals surface area contributed by atoms with Crippen LogP contribution < -0.4 is 0 Å². The lowest BCUT2D eigenvalue weighted by Crippen LogP contribution is -2.41. The highest BCUT2D eigenvalue weighted by Gasteiger charge is 2.36. The number of ether oxygens (including phenoxy) is 1. The largest absolute Gasteiger partial charge is 0.465 e. The van der Waals surface area contributed by atoms with Crippen molar-refractivity contribution in [3.8, 4) is 0 Å². The van der Waals surface area contributed by atoms with Gasteiger partial charge in [0.25, 0.3) is 0 Å². The van der Waals surface area contributed by atoms with Gasteiger partial charge in [-0.3, -0.25) is 0 Å². The first kappa shape index (κ1) is 23.3. The summed E-state index contributed by atoms with van der Waals surface area (Å²) in [6, 6.07) is 16.3. The third-order valence-corrected chi connectivity index (χ3v) is 11.2. The maximum Gasteiger partial charge on any atom is 0.337 e. The van der Waals surface area contributed by atoms with Gasteiger partial charge in [-0.2, -0.15) is 0 Å². The number of aromatic nitrogens is 1. The number of nitrogens with zero attached hydrogens (tertiary/aromatic N) is 1. The lowest BCUT2D eigenvalue weighted by molar-refractivity contribution is 0.0600. The van der Waals surface area contributed by atoms with Crippen LogP contribution in [0.2, 0.25) is 18.1 Å². The van der Waals surface area contributed by atoms with Crippen LogP contribution in [0, 0.1) is 6.92 Å². The average Bonchev–Trinajstić information content (AvgIpc) is 2.99. The highest BCUT2D eigenvalue weighted by atomic mass is 28.4. The Bertz CT molecular complexity index is 1060. The number of para-hydroxylation sites is 1. The molecule has 0 radical (unpaired) electrons. The van der Waals surface area contributed by atoms with Gasteiger partial charge in [-0.15, -0.1) is 0 Å². The first-order valence-electron chi connectivity index (χ1n) is 10.9. The van der Waals surface area contributed by atoms with Crippen LogP contribution in [0.4, 0.5) is 0 Å². The minimum absolute atomic E-state index is 0.211. The van der Waals surface area contributed by atoms with E-state index in [0.29, 0.717) is 5.56 Å². The van der Waals surface area contributed by atoms with Crippen LogP contribution in [0.1, 0.15) is 48.0 Å². The van der Waals surface area contributed by atoms with Crippen LogP contribution >= 0.6 is 0 Å². The summed E-state index contributed by atoms with van der Waals surface area (Å²) in [5.74, 6) is -0.305. The van der Waals surface area contributed by atoms with Gasteiger partial charge in [0.1, 0.15) is 0 Å².